The Morgan fingerprint density at radius 3 is 2.29 bits per heavy atom. The molecule has 28 heavy (non-hydrogen) atoms. The lowest BCUT2D eigenvalue weighted by molar-refractivity contribution is -0.126. The molecule has 0 bridgehead atoms. The highest BCUT2D eigenvalue weighted by Crippen LogP contribution is 2.28. The molecule has 1 heterocycles. The van der Waals surface area contributed by atoms with Gasteiger partial charge < -0.3 is 10.1 Å². The van der Waals surface area contributed by atoms with Crippen molar-refractivity contribution in [3.8, 4) is 0 Å². The Balaban J connectivity index is 1.90. The zero-order valence-corrected chi connectivity index (χ0v) is 18.6. The second kappa shape index (κ2) is 9.85. The Bertz CT molecular complexity index is 759. The van der Waals surface area contributed by atoms with E-state index >= 15 is 0 Å². The molecule has 2 rings (SSSR count). The van der Waals surface area contributed by atoms with Crippen LogP contribution in [0.2, 0.25) is 0 Å². The first-order chi connectivity index (χ1) is 13.1. The zero-order valence-electron chi connectivity index (χ0n) is 17.7. The molecule has 1 aliphatic rings. The molecule has 0 aliphatic carbocycles. The minimum atomic E-state index is -3.54. The fourth-order valence-electron chi connectivity index (χ4n) is 3.81. The smallest absolute Gasteiger partial charge is 0.243 e. The van der Waals surface area contributed by atoms with Crippen molar-refractivity contribution in [3.05, 3.63) is 28.8 Å². The van der Waals surface area contributed by atoms with Gasteiger partial charge >= 0.3 is 0 Å². The SMILES string of the molecule is Cc1cc(C)c(S(=O)(=O)N2CCC(C(=O)NCCCOC(C)C)CC2)c(C)c1. The van der Waals surface area contributed by atoms with Crippen LogP contribution in [-0.4, -0.2) is 51.0 Å². The van der Waals surface area contributed by atoms with E-state index in [0.29, 0.717) is 44.0 Å². The average molecular weight is 411 g/mol. The number of nitrogens with zero attached hydrogens (tertiary/aromatic N) is 1. The number of hydrogen-bond acceptors (Lipinski definition) is 4. The lowest BCUT2D eigenvalue weighted by atomic mass is 9.97. The molecule has 1 aromatic rings. The molecule has 0 saturated carbocycles. The summed E-state index contributed by atoms with van der Waals surface area (Å²) in [6.45, 7) is 11.6. The Hall–Kier alpha value is -1.44. The van der Waals surface area contributed by atoms with E-state index in [0.717, 1.165) is 23.1 Å². The molecule has 1 aliphatic heterocycles. The number of nitrogens with one attached hydrogen (secondary N) is 1. The zero-order chi connectivity index (χ0) is 20.9. The molecule has 158 valence electrons. The van der Waals surface area contributed by atoms with Crippen LogP contribution in [0.5, 0.6) is 0 Å². The molecule has 6 nitrogen and oxygen atoms in total. The molecular formula is C21H34N2O4S. The van der Waals surface area contributed by atoms with Crippen molar-refractivity contribution in [3.63, 3.8) is 0 Å². The normalized spacial score (nSPS) is 16.5. The molecular weight excluding hydrogens is 376 g/mol. The average Bonchev–Trinajstić information content (AvgIpc) is 2.60. The quantitative estimate of drug-likeness (QED) is 0.669. The summed E-state index contributed by atoms with van der Waals surface area (Å²) in [7, 11) is -3.54. The van der Waals surface area contributed by atoms with Crippen molar-refractivity contribution < 1.29 is 17.9 Å². The number of ether oxygens (including phenoxy) is 1. The van der Waals surface area contributed by atoms with Gasteiger partial charge in [0.2, 0.25) is 15.9 Å². The number of carbonyl (C=O) groups is 1. The Morgan fingerprint density at radius 1 is 1.18 bits per heavy atom. The number of sulfonamides is 1. The number of piperidine rings is 1. The Morgan fingerprint density at radius 2 is 1.75 bits per heavy atom. The van der Waals surface area contributed by atoms with Gasteiger partial charge in [0.05, 0.1) is 11.0 Å². The van der Waals surface area contributed by atoms with Crippen molar-refractivity contribution in [2.75, 3.05) is 26.2 Å². The first-order valence-corrected chi connectivity index (χ1v) is 11.5. The highest BCUT2D eigenvalue weighted by Gasteiger charge is 2.33. The van der Waals surface area contributed by atoms with Crippen molar-refractivity contribution in [1.82, 2.24) is 9.62 Å². The first-order valence-electron chi connectivity index (χ1n) is 10.1. The molecule has 1 fully saturated rings. The second-order valence-corrected chi connectivity index (χ2v) is 9.85. The van der Waals surface area contributed by atoms with Crippen LogP contribution in [0.3, 0.4) is 0 Å². The fraction of sp³-hybridized carbons (Fsp3) is 0.667. The van der Waals surface area contributed by atoms with Crippen molar-refractivity contribution in [1.29, 1.82) is 0 Å². The van der Waals surface area contributed by atoms with E-state index in [2.05, 4.69) is 5.32 Å². The van der Waals surface area contributed by atoms with Crippen LogP contribution in [0, 0.1) is 26.7 Å². The number of benzene rings is 1. The Kier molecular flexibility index (Phi) is 8.04. The summed E-state index contributed by atoms with van der Waals surface area (Å²) < 4.78 is 33.2. The number of aryl methyl sites for hydroxylation is 3. The monoisotopic (exact) mass is 410 g/mol. The van der Waals surface area contributed by atoms with Gasteiger partial charge in [0, 0.05) is 32.2 Å². The summed E-state index contributed by atoms with van der Waals surface area (Å²) in [5.74, 6) is -0.109. The van der Waals surface area contributed by atoms with E-state index in [1.54, 1.807) is 0 Å². The predicted molar refractivity (Wildman–Crippen MR) is 111 cm³/mol. The van der Waals surface area contributed by atoms with Crippen LogP contribution < -0.4 is 5.32 Å². The van der Waals surface area contributed by atoms with Gasteiger partial charge in [-0.25, -0.2) is 8.42 Å². The number of rotatable bonds is 8. The molecule has 0 unspecified atom stereocenters. The van der Waals surface area contributed by atoms with E-state index in [-0.39, 0.29) is 17.9 Å². The summed E-state index contributed by atoms with van der Waals surface area (Å²) in [6, 6.07) is 3.81. The van der Waals surface area contributed by atoms with Gasteiger partial charge in [-0.15, -0.1) is 0 Å². The third-order valence-electron chi connectivity index (χ3n) is 5.10. The van der Waals surface area contributed by atoms with Crippen molar-refractivity contribution in [2.24, 2.45) is 5.92 Å². The maximum atomic E-state index is 13.1. The van der Waals surface area contributed by atoms with Crippen LogP contribution in [0.4, 0.5) is 0 Å². The molecule has 1 saturated heterocycles. The lowest BCUT2D eigenvalue weighted by Gasteiger charge is -2.31. The highest BCUT2D eigenvalue weighted by molar-refractivity contribution is 7.89. The molecule has 0 radical (unpaired) electrons. The van der Waals surface area contributed by atoms with Gasteiger partial charge in [-0.2, -0.15) is 4.31 Å². The van der Waals surface area contributed by atoms with Crippen LogP contribution in [-0.2, 0) is 19.6 Å². The largest absolute Gasteiger partial charge is 0.379 e. The predicted octanol–water partition coefficient (Wildman–Crippen LogP) is 2.94. The van der Waals surface area contributed by atoms with Gasteiger partial charge in [-0.1, -0.05) is 17.7 Å². The van der Waals surface area contributed by atoms with Crippen LogP contribution >= 0.6 is 0 Å². The van der Waals surface area contributed by atoms with Gasteiger partial charge in [0.25, 0.3) is 0 Å². The summed E-state index contributed by atoms with van der Waals surface area (Å²) in [4.78, 5) is 12.8. The maximum Gasteiger partial charge on any atom is 0.243 e. The van der Waals surface area contributed by atoms with E-state index < -0.39 is 10.0 Å². The van der Waals surface area contributed by atoms with E-state index in [9.17, 15) is 13.2 Å². The van der Waals surface area contributed by atoms with E-state index in [4.69, 9.17) is 4.74 Å². The number of carbonyl (C=O) groups excluding carboxylic acids is 1. The third kappa shape index (κ3) is 5.78. The minimum absolute atomic E-state index is 0.0179. The third-order valence-corrected chi connectivity index (χ3v) is 7.30. The van der Waals surface area contributed by atoms with Crippen LogP contribution in [0.1, 0.15) is 49.8 Å². The number of amides is 1. The maximum absolute atomic E-state index is 13.1. The van der Waals surface area contributed by atoms with Gasteiger partial charge in [-0.05, 0) is 65.0 Å². The topological polar surface area (TPSA) is 75.7 Å². The molecule has 0 spiro atoms. The molecule has 0 atom stereocenters. The molecule has 0 aromatic heterocycles. The summed E-state index contributed by atoms with van der Waals surface area (Å²) in [5.41, 5.74) is 2.62. The lowest BCUT2D eigenvalue weighted by Crippen LogP contribution is -2.43. The first kappa shape index (κ1) is 22.8. The molecule has 1 amide bonds. The van der Waals surface area contributed by atoms with E-state index in [1.165, 1.54) is 4.31 Å². The highest BCUT2D eigenvalue weighted by atomic mass is 32.2. The molecule has 1 aromatic carbocycles. The van der Waals surface area contributed by atoms with Gasteiger partial charge in [0.1, 0.15) is 0 Å². The standard InChI is InChI=1S/C21H34N2O4S/c1-15(2)27-12-6-9-22-21(24)19-7-10-23(11-8-19)28(25,26)20-17(4)13-16(3)14-18(20)5/h13-15,19H,6-12H2,1-5H3,(H,22,24). The van der Waals surface area contributed by atoms with Gasteiger partial charge in [0.15, 0.2) is 0 Å². The summed E-state index contributed by atoms with van der Waals surface area (Å²) in [5, 5.41) is 2.95. The van der Waals surface area contributed by atoms with Crippen molar-refractivity contribution >= 4 is 15.9 Å². The van der Waals surface area contributed by atoms with Crippen LogP contribution in [0.15, 0.2) is 17.0 Å². The minimum Gasteiger partial charge on any atom is -0.379 e. The fourth-order valence-corrected chi connectivity index (χ4v) is 5.69. The number of hydrogen-bond donors (Lipinski definition) is 1. The van der Waals surface area contributed by atoms with Crippen molar-refractivity contribution in [2.45, 2.75) is 64.9 Å². The summed E-state index contributed by atoms with van der Waals surface area (Å²) in [6.07, 6.45) is 2.08. The van der Waals surface area contributed by atoms with E-state index in [1.807, 2.05) is 46.8 Å². The van der Waals surface area contributed by atoms with Gasteiger partial charge in [-0.3, -0.25) is 4.79 Å². The molecule has 1 N–H and O–H groups in total. The summed E-state index contributed by atoms with van der Waals surface area (Å²) >= 11 is 0. The van der Waals surface area contributed by atoms with Crippen LogP contribution in [0.25, 0.3) is 0 Å². The second-order valence-electron chi connectivity index (χ2n) is 7.97. The Labute approximate surface area is 169 Å². The molecule has 7 heteroatoms.